The number of hydrogen-bond acceptors (Lipinski definition) is 2. The van der Waals surface area contributed by atoms with E-state index in [0.717, 1.165) is 19.4 Å². The Bertz CT molecular complexity index is 390. The SMILES string of the molecule is CCCCCCCCCCCCCCCC(=O)O.CCCCCCCCCCCCCCCCCCN.[Pd]. The zero-order chi connectivity index (χ0) is 27.5. The summed E-state index contributed by atoms with van der Waals surface area (Å²) in [5.41, 5.74) is 5.48. The van der Waals surface area contributed by atoms with Gasteiger partial charge in [0.15, 0.2) is 0 Å². The molecule has 0 unspecified atom stereocenters. The fraction of sp³-hybridized carbons (Fsp3) is 0.971. The van der Waals surface area contributed by atoms with Crippen LogP contribution in [0.4, 0.5) is 0 Å². The van der Waals surface area contributed by atoms with Gasteiger partial charge in [0.2, 0.25) is 0 Å². The quantitative estimate of drug-likeness (QED) is 0.0612. The van der Waals surface area contributed by atoms with Crippen LogP contribution >= 0.6 is 0 Å². The summed E-state index contributed by atoms with van der Waals surface area (Å²) in [6.45, 7) is 5.42. The Morgan fingerprint density at radius 1 is 0.421 bits per heavy atom. The first kappa shape index (κ1) is 42.6. The van der Waals surface area contributed by atoms with Gasteiger partial charge >= 0.3 is 5.97 Å². The van der Waals surface area contributed by atoms with Gasteiger partial charge in [0.05, 0.1) is 0 Å². The standard InChI is InChI=1S/C18H39N.C16H32O2.Pd/c1-2-3-4-5-6-7-8-9-10-11-12-13-14-15-16-17-18-19;1-2-3-4-5-6-7-8-9-10-11-12-13-14-15-16(17)18;/h2-19H2,1H3;2-15H2,1H3,(H,17,18);. The molecule has 0 heterocycles. The van der Waals surface area contributed by atoms with Crippen molar-refractivity contribution in [3.63, 3.8) is 0 Å². The first-order valence-corrected chi connectivity index (χ1v) is 17.1. The molecular formula is C34H71NO2Pd. The fourth-order valence-electron chi connectivity index (χ4n) is 4.99. The molecule has 0 bridgehead atoms. The average molecular weight is 632 g/mol. The van der Waals surface area contributed by atoms with Gasteiger partial charge in [-0.2, -0.15) is 0 Å². The topological polar surface area (TPSA) is 63.3 Å². The number of rotatable bonds is 30. The van der Waals surface area contributed by atoms with Crippen LogP contribution in [-0.2, 0) is 25.2 Å². The minimum Gasteiger partial charge on any atom is -0.481 e. The van der Waals surface area contributed by atoms with Crippen molar-refractivity contribution in [2.75, 3.05) is 6.54 Å². The number of carbonyl (C=O) groups is 1. The van der Waals surface area contributed by atoms with Crippen molar-refractivity contribution < 1.29 is 30.3 Å². The maximum atomic E-state index is 10.3. The molecule has 0 saturated heterocycles. The Kier molecular flexibility index (Phi) is 46.6. The van der Waals surface area contributed by atoms with Crippen LogP contribution in [0.2, 0.25) is 0 Å². The number of carboxylic acid groups (broad SMARTS) is 1. The third-order valence-corrected chi connectivity index (χ3v) is 7.55. The van der Waals surface area contributed by atoms with E-state index >= 15 is 0 Å². The Hall–Kier alpha value is 0.0923. The summed E-state index contributed by atoms with van der Waals surface area (Å²) in [7, 11) is 0. The van der Waals surface area contributed by atoms with Gasteiger partial charge in [-0.1, -0.05) is 187 Å². The van der Waals surface area contributed by atoms with Crippen LogP contribution in [0.3, 0.4) is 0 Å². The first-order valence-electron chi connectivity index (χ1n) is 17.1. The fourth-order valence-corrected chi connectivity index (χ4v) is 4.99. The monoisotopic (exact) mass is 631 g/mol. The molecule has 0 radical (unpaired) electrons. The molecule has 0 saturated carbocycles. The van der Waals surface area contributed by atoms with E-state index in [1.54, 1.807) is 0 Å². The van der Waals surface area contributed by atoms with E-state index < -0.39 is 5.97 Å². The third-order valence-electron chi connectivity index (χ3n) is 7.55. The van der Waals surface area contributed by atoms with Crippen LogP contribution in [0.15, 0.2) is 0 Å². The Morgan fingerprint density at radius 2 is 0.632 bits per heavy atom. The molecule has 0 atom stereocenters. The molecule has 0 aliphatic rings. The molecule has 0 aliphatic carbocycles. The Balaban J connectivity index is -0.000000629. The normalized spacial score (nSPS) is 10.6. The van der Waals surface area contributed by atoms with Crippen molar-refractivity contribution in [3.05, 3.63) is 0 Å². The Morgan fingerprint density at radius 3 is 0.842 bits per heavy atom. The molecule has 0 aromatic heterocycles. The molecule has 0 fully saturated rings. The van der Waals surface area contributed by atoms with Crippen molar-refractivity contribution in [3.8, 4) is 0 Å². The molecule has 0 aliphatic heterocycles. The first-order chi connectivity index (χ1) is 18.2. The van der Waals surface area contributed by atoms with Crippen LogP contribution in [-0.4, -0.2) is 17.6 Å². The minimum atomic E-state index is -0.655. The zero-order valence-corrected chi connectivity index (χ0v) is 27.7. The van der Waals surface area contributed by atoms with Crippen LogP contribution in [0.1, 0.15) is 206 Å². The average Bonchev–Trinajstić information content (AvgIpc) is 2.89. The molecule has 0 aromatic carbocycles. The number of unbranched alkanes of at least 4 members (excludes halogenated alkanes) is 27. The van der Waals surface area contributed by atoms with E-state index in [2.05, 4.69) is 13.8 Å². The van der Waals surface area contributed by atoms with Crippen molar-refractivity contribution >= 4 is 5.97 Å². The minimum absolute atomic E-state index is 0. The van der Waals surface area contributed by atoms with E-state index in [9.17, 15) is 4.79 Å². The smallest absolute Gasteiger partial charge is 0.303 e. The van der Waals surface area contributed by atoms with Gasteiger partial charge in [0.1, 0.15) is 0 Å². The maximum Gasteiger partial charge on any atom is 0.303 e. The van der Waals surface area contributed by atoms with Crippen LogP contribution in [0, 0.1) is 0 Å². The maximum absolute atomic E-state index is 10.3. The van der Waals surface area contributed by atoms with Gasteiger partial charge in [0, 0.05) is 26.8 Å². The second kappa shape index (κ2) is 41.6. The summed E-state index contributed by atoms with van der Waals surface area (Å²) in [4.78, 5) is 10.3. The molecule has 0 spiro atoms. The van der Waals surface area contributed by atoms with Crippen molar-refractivity contribution in [2.24, 2.45) is 5.73 Å². The van der Waals surface area contributed by atoms with Crippen molar-refractivity contribution in [2.45, 2.75) is 206 Å². The summed E-state index contributed by atoms with van der Waals surface area (Å²) >= 11 is 0. The largest absolute Gasteiger partial charge is 0.481 e. The molecule has 38 heavy (non-hydrogen) atoms. The van der Waals surface area contributed by atoms with E-state index in [1.807, 2.05) is 0 Å². The zero-order valence-electron chi connectivity index (χ0n) is 26.2. The van der Waals surface area contributed by atoms with Gasteiger partial charge < -0.3 is 10.8 Å². The van der Waals surface area contributed by atoms with Crippen molar-refractivity contribution in [1.82, 2.24) is 0 Å². The van der Waals surface area contributed by atoms with Crippen LogP contribution in [0.5, 0.6) is 0 Å². The molecule has 0 rings (SSSR count). The van der Waals surface area contributed by atoms with Gasteiger partial charge in [-0.3, -0.25) is 4.79 Å². The van der Waals surface area contributed by atoms with E-state index in [4.69, 9.17) is 10.8 Å². The van der Waals surface area contributed by atoms with Gasteiger partial charge in [-0.05, 0) is 19.4 Å². The van der Waals surface area contributed by atoms with Gasteiger partial charge in [-0.15, -0.1) is 0 Å². The summed E-state index contributed by atoms with van der Waals surface area (Å²) in [6, 6.07) is 0. The van der Waals surface area contributed by atoms with Crippen molar-refractivity contribution in [1.29, 1.82) is 0 Å². The predicted molar refractivity (Wildman–Crippen MR) is 167 cm³/mol. The van der Waals surface area contributed by atoms with E-state index in [1.165, 1.54) is 173 Å². The predicted octanol–water partition coefficient (Wildman–Crippen LogP) is 11.8. The number of aliphatic carboxylic acids is 1. The van der Waals surface area contributed by atoms with E-state index in [0.29, 0.717) is 6.42 Å². The summed E-state index contributed by atoms with van der Waals surface area (Å²) in [5.74, 6) is -0.655. The second-order valence-electron chi connectivity index (χ2n) is 11.5. The molecule has 3 nitrogen and oxygen atoms in total. The van der Waals surface area contributed by atoms with E-state index in [-0.39, 0.29) is 20.4 Å². The number of hydrogen-bond donors (Lipinski definition) is 2. The molecular weight excluding hydrogens is 561 g/mol. The summed E-state index contributed by atoms with van der Waals surface area (Å²) in [5, 5.41) is 8.49. The third kappa shape index (κ3) is 46.0. The van der Waals surface area contributed by atoms with Crippen LogP contribution in [0.25, 0.3) is 0 Å². The van der Waals surface area contributed by atoms with Crippen LogP contribution < -0.4 is 5.73 Å². The Labute approximate surface area is 254 Å². The van der Waals surface area contributed by atoms with Gasteiger partial charge in [0.25, 0.3) is 0 Å². The molecule has 234 valence electrons. The number of carboxylic acids is 1. The second-order valence-corrected chi connectivity index (χ2v) is 11.5. The molecule has 3 N–H and O–H groups in total. The molecule has 0 aromatic rings. The molecule has 4 heteroatoms. The summed E-state index contributed by atoms with van der Waals surface area (Å²) < 4.78 is 0. The molecule has 0 amide bonds. The number of nitrogens with two attached hydrogens (primary N) is 1. The summed E-state index contributed by atoms with van der Waals surface area (Å²) in [6.07, 6.45) is 40.1. The van der Waals surface area contributed by atoms with Gasteiger partial charge in [-0.25, -0.2) is 0 Å².